The average molecular weight is 356 g/mol. The summed E-state index contributed by atoms with van der Waals surface area (Å²) in [4.78, 5) is 12.1. The first-order valence-corrected chi connectivity index (χ1v) is 9.12. The Hall–Kier alpha value is -2.61. The SMILES string of the molecule is CCOc1nc(Nc2cnn(C3CCC(O)CC3)c2C)nc2[nH]ccc12. The van der Waals surface area contributed by atoms with Crippen molar-refractivity contribution in [2.45, 2.75) is 51.7 Å². The van der Waals surface area contributed by atoms with Gasteiger partial charge >= 0.3 is 0 Å². The van der Waals surface area contributed by atoms with Crippen LogP contribution in [0.15, 0.2) is 18.5 Å². The maximum absolute atomic E-state index is 9.71. The molecule has 0 aromatic carbocycles. The van der Waals surface area contributed by atoms with Crippen LogP contribution in [-0.2, 0) is 0 Å². The molecule has 1 saturated carbocycles. The molecule has 3 aromatic rings. The standard InChI is InChI=1S/C18H24N6O2/c1-3-26-17-14-8-9-19-16(14)22-18(23-17)21-15-10-20-24(11(15)2)12-4-6-13(25)7-5-12/h8-10,12-13,25H,3-7H2,1-2H3,(H2,19,21,22,23). The Morgan fingerprint density at radius 3 is 2.88 bits per heavy atom. The summed E-state index contributed by atoms with van der Waals surface area (Å²) in [6, 6.07) is 2.24. The fraction of sp³-hybridized carbons (Fsp3) is 0.500. The maximum Gasteiger partial charge on any atom is 0.232 e. The molecule has 0 amide bonds. The van der Waals surface area contributed by atoms with Gasteiger partial charge in [-0.05, 0) is 45.6 Å². The molecule has 0 spiro atoms. The lowest BCUT2D eigenvalue weighted by Crippen LogP contribution is -2.22. The molecular formula is C18H24N6O2. The molecule has 8 nitrogen and oxygen atoms in total. The van der Waals surface area contributed by atoms with Gasteiger partial charge in [-0.3, -0.25) is 4.68 Å². The van der Waals surface area contributed by atoms with Crippen molar-refractivity contribution in [2.75, 3.05) is 11.9 Å². The Balaban J connectivity index is 1.59. The Labute approximate surface area is 151 Å². The molecule has 1 aliphatic carbocycles. The third-order valence-corrected chi connectivity index (χ3v) is 4.97. The molecule has 0 saturated heterocycles. The summed E-state index contributed by atoms with van der Waals surface area (Å²) in [5, 5.41) is 18.4. The minimum absolute atomic E-state index is 0.169. The first-order valence-electron chi connectivity index (χ1n) is 9.12. The fourth-order valence-corrected chi connectivity index (χ4v) is 3.55. The highest BCUT2D eigenvalue weighted by molar-refractivity contribution is 5.82. The van der Waals surface area contributed by atoms with Gasteiger partial charge < -0.3 is 20.1 Å². The molecule has 1 aliphatic rings. The normalized spacial score (nSPS) is 20.4. The van der Waals surface area contributed by atoms with Crippen LogP contribution in [0, 0.1) is 6.92 Å². The molecule has 3 aromatic heterocycles. The number of aliphatic hydroxyl groups excluding tert-OH is 1. The van der Waals surface area contributed by atoms with E-state index >= 15 is 0 Å². The van der Waals surface area contributed by atoms with Crippen molar-refractivity contribution >= 4 is 22.7 Å². The lowest BCUT2D eigenvalue weighted by molar-refractivity contribution is 0.107. The van der Waals surface area contributed by atoms with Gasteiger partial charge in [0.25, 0.3) is 0 Å². The molecule has 0 unspecified atom stereocenters. The average Bonchev–Trinajstić information content (AvgIpc) is 3.24. The van der Waals surface area contributed by atoms with Gasteiger partial charge in [0.2, 0.25) is 11.8 Å². The lowest BCUT2D eigenvalue weighted by Gasteiger charge is -2.26. The minimum atomic E-state index is -0.169. The summed E-state index contributed by atoms with van der Waals surface area (Å²) in [6.45, 7) is 4.52. The fourth-order valence-electron chi connectivity index (χ4n) is 3.55. The number of nitrogens with zero attached hydrogens (tertiary/aromatic N) is 4. The highest BCUT2D eigenvalue weighted by Gasteiger charge is 2.23. The van der Waals surface area contributed by atoms with E-state index in [1.165, 1.54) is 0 Å². The second-order valence-electron chi connectivity index (χ2n) is 6.70. The second kappa shape index (κ2) is 6.95. The van der Waals surface area contributed by atoms with Gasteiger partial charge in [0.05, 0.1) is 41.7 Å². The summed E-state index contributed by atoms with van der Waals surface area (Å²) in [5.74, 6) is 1.04. The van der Waals surface area contributed by atoms with Gasteiger partial charge in [0.1, 0.15) is 5.65 Å². The van der Waals surface area contributed by atoms with E-state index in [1.807, 2.05) is 37.0 Å². The Bertz CT molecular complexity index is 894. The third-order valence-electron chi connectivity index (χ3n) is 4.97. The van der Waals surface area contributed by atoms with E-state index in [0.29, 0.717) is 24.5 Å². The molecule has 8 heteroatoms. The minimum Gasteiger partial charge on any atom is -0.477 e. The van der Waals surface area contributed by atoms with Gasteiger partial charge in [-0.25, -0.2) is 0 Å². The van der Waals surface area contributed by atoms with Gasteiger partial charge in [-0.1, -0.05) is 0 Å². The van der Waals surface area contributed by atoms with Crippen LogP contribution in [0.4, 0.5) is 11.6 Å². The molecular weight excluding hydrogens is 332 g/mol. The second-order valence-corrected chi connectivity index (χ2v) is 6.70. The van der Waals surface area contributed by atoms with Gasteiger partial charge in [-0.2, -0.15) is 15.1 Å². The van der Waals surface area contributed by atoms with Crippen LogP contribution >= 0.6 is 0 Å². The molecule has 4 rings (SSSR count). The van der Waals surface area contributed by atoms with E-state index in [-0.39, 0.29) is 6.10 Å². The molecule has 1 fully saturated rings. The zero-order valence-corrected chi connectivity index (χ0v) is 15.1. The third kappa shape index (κ3) is 3.12. The van der Waals surface area contributed by atoms with Crippen molar-refractivity contribution in [3.8, 4) is 5.88 Å². The molecule has 0 bridgehead atoms. The number of aliphatic hydroxyl groups is 1. The number of ether oxygens (including phenoxy) is 1. The van der Waals surface area contributed by atoms with Crippen molar-refractivity contribution in [3.63, 3.8) is 0 Å². The molecule has 3 heterocycles. The van der Waals surface area contributed by atoms with E-state index in [1.54, 1.807) is 0 Å². The molecule has 0 radical (unpaired) electrons. The zero-order valence-electron chi connectivity index (χ0n) is 15.1. The molecule has 0 aliphatic heterocycles. The van der Waals surface area contributed by atoms with Crippen LogP contribution in [0.5, 0.6) is 5.88 Å². The highest BCUT2D eigenvalue weighted by Crippen LogP contribution is 2.31. The van der Waals surface area contributed by atoms with Crippen LogP contribution < -0.4 is 10.1 Å². The van der Waals surface area contributed by atoms with Crippen molar-refractivity contribution in [2.24, 2.45) is 0 Å². The number of anilines is 2. The predicted octanol–water partition coefficient (Wildman–Crippen LogP) is 3.08. The first-order chi connectivity index (χ1) is 12.7. The number of nitrogens with one attached hydrogen (secondary N) is 2. The molecule has 26 heavy (non-hydrogen) atoms. The van der Waals surface area contributed by atoms with Crippen LogP contribution in [0.25, 0.3) is 11.0 Å². The van der Waals surface area contributed by atoms with Crippen LogP contribution in [-0.4, -0.2) is 42.5 Å². The number of hydrogen-bond acceptors (Lipinski definition) is 6. The van der Waals surface area contributed by atoms with E-state index in [2.05, 4.69) is 25.4 Å². The summed E-state index contributed by atoms with van der Waals surface area (Å²) in [5.41, 5.74) is 2.65. The molecule has 0 atom stereocenters. The largest absolute Gasteiger partial charge is 0.477 e. The monoisotopic (exact) mass is 356 g/mol. The maximum atomic E-state index is 9.71. The summed E-state index contributed by atoms with van der Waals surface area (Å²) in [7, 11) is 0. The van der Waals surface area contributed by atoms with Crippen molar-refractivity contribution in [3.05, 3.63) is 24.2 Å². The molecule has 138 valence electrons. The van der Waals surface area contributed by atoms with E-state index in [9.17, 15) is 5.11 Å². The predicted molar refractivity (Wildman–Crippen MR) is 98.8 cm³/mol. The zero-order chi connectivity index (χ0) is 18.1. The summed E-state index contributed by atoms with van der Waals surface area (Å²) < 4.78 is 7.69. The number of hydrogen-bond donors (Lipinski definition) is 3. The summed E-state index contributed by atoms with van der Waals surface area (Å²) >= 11 is 0. The van der Waals surface area contributed by atoms with E-state index < -0.39 is 0 Å². The number of aromatic amines is 1. The van der Waals surface area contributed by atoms with E-state index in [0.717, 1.165) is 48.1 Å². The van der Waals surface area contributed by atoms with Crippen molar-refractivity contribution in [1.82, 2.24) is 24.7 Å². The van der Waals surface area contributed by atoms with Crippen molar-refractivity contribution in [1.29, 1.82) is 0 Å². The topological polar surface area (TPSA) is 101 Å². The summed E-state index contributed by atoms with van der Waals surface area (Å²) in [6.07, 6.45) is 7.02. The Kier molecular flexibility index (Phi) is 4.50. The first kappa shape index (κ1) is 16.8. The molecule has 3 N–H and O–H groups in total. The van der Waals surface area contributed by atoms with Crippen LogP contribution in [0.3, 0.4) is 0 Å². The van der Waals surface area contributed by atoms with Crippen LogP contribution in [0.1, 0.15) is 44.3 Å². The van der Waals surface area contributed by atoms with Gasteiger partial charge in [0, 0.05) is 6.20 Å². The highest BCUT2D eigenvalue weighted by atomic mass is 16.5. The number of fused-ring (bicyclic) bond motifs is 1. The Morgan fingerprint density at radius 2 is 2.12 bits per heavy atom. The van der Waals surface area contributed by atoms with Crippen LogP contribution in [0.2, 0.25) is 0 Å². The smallest absolute Gasteiger partial charge is 0.232 e. The quantitative estimate of drug-likeness (QED) is 0.649. The van der Waals surface area contributed by atoms with Gasteiger partial charge in [0.15, 0.2) is 0 Å². The van der Waals surface area contributed by atoms with Gasteiger partial charge in [-0.15, -0.1) is 0 Å². The number of H-pyrrole nitrogens is 1. The Morgan fingerprint density at radius 1 is 1.31 bits per heavy atom. The number of aromatic nitrogens is 5. The number of rotatable bonds is 5. The lowest BCUT2D eigenvalue weighted by atomic mass is 9.93. The van der Waals surface area contributed by atoms with Crippen molar-refractivity contribution < 1.29 is 9.84 Å². The van der Waals surface area contributed by atoms with E-state index in [4.69, 9.17) is 4.74 Å².